The molecule has 0 saturated heterocycles. The van der Waals surface area contributed by atoms with Gasteiger partial charge >= 0.3 is 6.18 Å². The van der Waals surface area contributed by atoms with Crippen LogP contribution >= 0.6 is 0 Å². The van der Waals surface area contributed by atoms with Crippen molar-refractivity contribution in [2.24, 2.45) is 0 Å². The quantitative estimate of drug-likeness (QED) is 0.518. The van der Waals surface area contributed by atoms with Crippen molar-refractivity contribution in [3.05, 3.63) is 87.6 Å². The van der Waals surface area contributed by atoms with Crippen molar-refractivity contribution in [1.82, 2.24) is 19.3 Å². The minimum Gasteiger partial charge on any atom is -0.294 e. The molecule has 4 aromatic rings. The summed E-state index contributed by atoms with van der Waals surface area (Å²) in [5.41, 5.74) is 2.46. The zero-order valence-electron chi connectivity index (χ0n) is 15.7. The number of alkyl halides is 3. The topological polar surface area (TPSA) is 52.7 Å². The molecule has 0 spiro atoms. The molecular weight excluding hydrogens is 381 g/mol. The van der Waals surface area contributed by atoms with E-state index in [1.165, 1.54) is 33.9 Å². The largest absolute Gasteiger partial charge is 0.416 e. The normalized spacial score (nSPS) is 11.9. The predicted molar refractivity (Wildman–Crippen MR) is 103 cm³/mol. The first-order valence-corrected chi connectivity index (χ1v) is 8.91. The average molecular weight is 398 g/mol. The SMILES string of the molecule is Cc1ccc(C)c(Cn2cnc3c(cnn3-c3cccc(C(F)(F)F)c3)c2=O)c1. The molecule has 2 heterocycles. The standard InChI is InChI=1S/C21H17F3N4O/c1-13-6-7-14(2)15(8-13)11-27-12-25-19-18(20(27)29)10-26-28(19)17-5-3-4-16(9-17)21(22,23)24/h3-10,12H,11H2,1-2H3. The number of hydrogen-bond acceptors (Lipinski definition) is 3. The van der Waals surface area contributed by atoms with Gasteiger partial charge in [-0.25, -0.2) is 9.67 Å². The lowest BCUT2D eigenvalue weighted by atomic mass is 10.1. The van der Waals surface area contributed by atoms with Crippen LogP contribution in [0.25, 0.3) is 16.7 Å². The summed E-state index contributed by atoms with van der Waals surface area (Å²) >= 11 is 0. The average Bonchev–Trinajstić information content (AvgIpc) is 3.11. The Morgan fingerprint density at radius 2 is 1.86 bits per heavy atom. The number of nitrogens with zero attached hydrogens (tertiary/aromatic N) is 4. The van der Waals surface area contributed by atoms with Crippen LogP contribution in [0.4, 0.5) is 13.2 Å². The molecular formula is C21H17F3N4O. The molecule has 0 aliphatic rings. The van der Waals surface area contributed by atoms with Gasteiger partial charge in [-0.3, -0.25) is 9.36 Å². The molecule has 29 heavy (non-hydrogen) atoms. The Kier molecular flexibility index (Phi) is 4.49. The van der Waals surface area contributed by atoms with Gasteiger partial charge in [0.2, 0.25) is 0 Å². The van der Waals surface area contributed by atoms with E-state index in [1.807, 2.05) is 32.0 Å². The van der Waals surface area contributed by atoms with Crippen molar-refractivity contribution in [3.8, 4) is 5.69 Å². The smallest absolute Gasteiger partial charge is 0.294 e. The molecule has 8 heteroatoms. The Labute approximate surface area is 164 Å². The van der Waals surface area contributed by atoms with Gasteiger partial charge in [-0.05, 0) is 43.2 Å². The highest BCUT2D eigenvalue weighted by molar-refractivity contribution is 5.75. The fourth-order valence-electron chi connectivity index (χ4n) is 3.22. The van der Waals surface area contributed by atoms with Crippen molar-refractivity contribution in [1.29, 1.82) is 0 Å². The summed E-state index contributed by atoms with van der Waals surface area (Å²) in [6.07, 6.45) is -1.73. The fourth-order valence-corrected chi connectivity index (χ4v) is 3.22. The van der Waals surface area contributed by atoms with E-state index in [0.29, 0.717) is 6.54 Å². The minimum atomic E-state index is -4.47. The summed E-state index contributed by atoms with van der Waals surface area (Å²) in [4.78, 5) is 17.2. The lowest BCUT2D eigenvalue weighted by Crippen LogP contribution is -2.21. The van der Waals surface area contributed by atoms with Gasteiger partial charge < -0.3 is 0 Å². The molecule has 0 saturated carbocycles. The van der Waals surface area contributed by atoms with Crippen LogP contribution in [0.2, 0.25) is 0 Å². The monoisotopic (exact) mass is 398 g/mol. The second-order valence-corrected chi connectivity index (χ2v) is 6.95. The molecule has 4 rings (SSSR count). The van der Waals surface area contributed by atoms with Crippen LogP contribution < -0.4 is 5.56 Å². The summed E-state index contributed by atoms with van der Waals surface area (Å²) in [5, 5.41) is 4.35. The van der Waals surface area contributed by atoms with Crippen LogP contribution in [0.15, 0.2) is 59.8 Å². The molecule has 0 unspecified atom stereocenters. The number of fused-ring (bicyclic) bond motifs is 1. The number of halogens is 3. The number of hydrogen-bond donors (Lipinski definition) is 0. The zero-order chi connectivity index (χ0) is 20.8. The predicted octanol–water partition coefficient (Wildman–Crippen LogP) is 4.27. The third-order valence-electron chi connectivity index (χ3n) is 4.82. The van der Waals surface area contributed by atoms with Crippen LogP contribution in [-0.4, -0.2) is 19.3 Å². The Balaban J connectivity index is 1.77. The van der Waals surface area contributed by atoms with Gasteiger partial charge in [-0.1, -0.05) is 29.8 Å². The van der Waals surface area contributed by atoms with Gasteiger partial charge in [0.05, 0.1) is 24.0 Å². The van der Waals surface area contributed by atoms with E-state index >= 15 is 0 Å². The van der Waals surface area contributed by atoms with E-state index in [-0.39, 0.29) is 22.3 Å². The fraction of sp³-hybridized carbons (Fsp3) is 0.190. The van der Waals surface area contributed by atoms with Crippen LogP contribution in [0.3, 0.4) is 0 Å². The maximum Gasteiger partial charge on any atom is 0.416 e. The third-order valence-corrected chi connectivity index (χ3v) is 4.82. The first-order chi connectivity index (χ1) is 13.7. The van der Waals surface area contributed by atoms with Crippen molar-refractivity contribution in [2.75, 3.05) is 0 Å². The molecule has 0 aliphatic heterocycles. The number of rotatable bonds is 3. The first-order valence-electron chi connectivity index (χ1n) is 8.91. The van der Waals surface area contributed by atoms with Crippen LogP contribution in [0.5, 0.6) is 0 Å². The van der Waals surface area contributed by atoms with E-state index < -0.39 is 11.7 Å². The number of benzene rings is 2. The number of aryl methyl sites for hydroxylation is 2. The van der Waals surface area contributed by atoms with E-state index in [1.54, 1.807) is 0 Å². The van der Waals surface area contributed by atoms with Crippen molar-refractivity contribution >= 4 is 11.0 Å². The maximum absolute atomic E-state index is 13.0. The first kappa shape index (κ1) is 18.9. The lowest BCUT2D eigenvalue weighted by molar-refractivity contribution is -0.137. The summed E-state index contributed by atoms with van der Waals surface area (Å²) in [5.74, 6) is 0. The molecule has 0 fully saturated rings. The van der Waals surface area contributed by atoms with Crippen molar-refractivity contribution < 1.29 is 13.2 Å². The molecule has 0 radical (unpaired) electrons. The zero-order valence-corrected chi connectivity index (χ0v) is 15.7. The molecule has 0 atom stereocenters. The van der Waals surface area contributed by atoms with Crippen molar-refractivity contribution in [3.63, 3.8) is 0 Å². The van der Waals surface area contributed by atoms with Gasteiger partial charge in [0, 0.05) is 0 Å². The van der Waals surface area contributed by atoms with Gasteiger partial charge in [0.25, 0.3) is 5.56 Å². The molecule has 0 N–H and O–H groups in total. The molecule has 0 bridgehead atoms. The Hall–Kier alpha value is -3.42. The van der Waals surface area contributed by atoms with Gasteiger partial charge in [-0.15, -0.1) is 0 Å². The molecule has 0 aliphatic carbocycles. The molecule has 148 valence electrons. The van der Waals surface area contributed by atoms with Crippen LogP contribution in [-0.2, 0) is 12.7 Å². The Morgan fingerprint density at radius 3 is 2.62 bits per heavy atom. The van der Waals surface area contributed by atoms with Crippen molar-refractivity contribution in [2.45, 2.75) is 26.6 Å². The highest BCUT2D eigenvalue weighted by Gasteiger charge is 2.30. The second-order valence-electron chi connectivity index (χ2n) is 6.95. The highest BCUT2D eigenvalue weighted by Crippen LogP contribution is 2.30. The van der Waals surface area contributed by atoms with Gasteiger partial charge in [0.15, 0.2) is 5.65 Å². The summed E-state index contributed by atoms with van der Waals surface area (Å²) in [6.45, 7) is 4.30. The summed E-state index contributed by atoms with van der Waals surface area (Å²) in [6, 6.07) is 10.8. The molecule has 2 aromatic heterocycles. The molecule has 2 aromatic carbocycles. The van der Waals surface area contributed by atoms with Crippen LogP contribution in [0.1, 0.15) is 22.3 Å². The molecule has 5 nitrogen and oxygen atoms in total. The van der Waals surface area contributed by atoms with E-state index in [4.69, 9.17) is 0 Å². The van der Waals surface area contributed by atoms with Gasteiger partial charge in [0.1, 0.15) is 11.7 Å². The molecule has 0 amide bonds. The highest BCUT2D eigenvalue weighted by atomic mass is 19.4. The van der Waals surface area contributed by atoms with E-state index in [2.05, 4.69) is 10.1 Å². The minimum absolute atomic E-state index is 0.189. The number of aromatic nitrogens is 4. The van der Waals surface area contributed by atoms with E-state index in [0.717, 1.165) is 28.8 Å². The summed E-state index contributed by atoms with van der Waals surface area (Å²) in [7, 11) is 0. The van der Waals surface area contributed by atoms with Gasteiger partial charge in [-0.2, -0.15) is 18.3 Å². The lowest BCUT2D eigenvalue weighted by Gasteiger charge is -2.10. The third kappa shape index (κ3) is 3.53. The van der Waals surface area contributed by atoms with E-state index in [9.17, 15) is 18.0 Å². The summed E-state index contributed by atoms with van der Waals surface area (Å²) < 4.78 is 41.7. The Bertz CT molecular complexity index is 1270. The second kappa shape index (κ2) is 6.88. The Morgan fingerprint density at radius 1 is 1.07 bits per heavy atom. The maximum atomic E-state index is 13.0. The van der Waals surface area contributed by atoms with Crippen LogP contribution in [0, 0.1) is 13.8 Å².